The van der Waals surface area contributed by atoms with Crippen LogP contribution in [0.3, 0.4) is 0 Å². The second-order valence-corrected chi connectivity index (χ2v) is 7.27. The Morgan fingerprint density at radius 3 is 2.82 bits per heavy atom. The van der Waals surface area contributed by atoms with Gasteiger partial charge in [-0.3, -0.25) is 4.79 Å². The number of allylic oxidation sites excluding steroid dienone is 1. The Morgan fingerprint density at radius 1 is 1.45 bits per heavy atom. The van der Waals surface area contributed by atoms with Crippen LogP contribution in [0.1, 0.15) is 24.0 Å². The summed E-state index contributed by atoms with van der Waals surface area (Å²) < 4.78 is 40.4. The Balaban J connectivity index is 2.06. The summed E-state index contributed by atoms with van der Waals surface area (Å²) in [5, 5.41) is 8.99. The van der Waals surface area contributed by atoms with Crippen molar-refractivity contribution in [3.63, 3.8) is 0 Å². The predicted molar refractivity (Wildman–Crippen MR) is 80.2 cm³/mol. The van der Waals surface area contributed by atoms with Crippen molar-refractivity contribution in [1.29, 1.82) is 0 Å². The van der Waals surface area contributed by atoms with E-state index in [0.717, 1.165) is 0 Å². The number of nitrogens with one attached hydrogen (secondary N) is 1. The molecule has 0 radical (unpaired) electrons. The second kappa shape index (κ2) is 6.58. The lowest BCUT2D eigenvalue weighted by molar-refractivity contribution is -0.142. The van der Waals surface area contributed by atoms with Crippen molar-refractivity contribution in [3.8, 4) is 0 Å². The average Bonchev–Trinajstić information content (AvgIpc) is 2.41. The van der Waals surface area contributed by atoms with Gasteiger partial charge in [-0.25, -0.2) is 17.5 Å². The molecule has 0 aliphatic heterocycles. The molecule has 1 aliphatic carbocycles. The van der Waals surface area contributed by atoms with E-state index in [0.29, 0.717) is 12.0 Å². The monoisotopic (exact) mass is 327 g/mol. The average molecular weight is 327 g/mol. The van der Waals surface area contributed by atoms with Gasteiger partial charge in [0.15, 0.2) is 0 Å². The smallest absolute Gasteiger partial charge is 0.306 e. The zero-order valence-electron chi connectivity index (χ0n) is 12.1. The van der Waals surface area contributed by atoms with E-state index in [9.17, 15) is 17.6 Å². The van der Waals surface area contributed by atoms with Crippen LogP contribution in [0.25, 0.3) is 0 Å². The van der Waals surface area contributed by atoms with Gasteiger partial charge in [-0.05, 0) is 31.4 Å². The molecule has 0 bridgehead atoms. The summed E-state index contributed by atoms with van der Waals surface area (Å²) in [6.45, 7) is 1.72. The number of aliphatic carboxylic acids is 1. The third-order valence-electron chi connectivity index (χ3n) is 3.56. The molecule has 2 atom stereocenters. The SMILES string of the molecule is Cc1ccc(CS(=O)(=O)N[C@H]2C=CC[C@H](C(=O)O)C2)c(F)c1. The van der Waals surface area contributed by atoms with E-state index in [1.165, 1.54) is 12.1 Å². The summed E-state index contributed by atoms with van der Waals surface area (Å²) in [5.41, 5.74) is 0.804. The molecule has 1 aromatic carbocycles. The van der Waals surface area contributed by atoms with Gasteiger partial charge in [-0.15, -0.1) is 0 Å². The number of benzene rings is 1. The molecule has 0 heterocycles. The van der Waals surface area contributed by atoms with E-state index in [1.54, 1.807) is 25.1 Å². The molecule has 0 amide bonds. The molecule has 0 saturated heterocycles. The van der Waals surface area contributed by atoms with E-state index >= 15 is 0 Å². The minimum atomic E-state index is -3.75. The first kappa shape index (κ1) is 16.6. The Kier molecular flexibility index (Phi) is 4.97. The van der Waals surface area contributed by atoms with E-state index in [2.05, 4.69) is 4.72 Å². The predicted octanol–water partition coefficient (Wildman–Crippen LogP) is 1.97. The maximum Gasteiger partial charge on any atom is 0.306 e. The summed E-state index contributed by atoms with van der Waals surface area (Å²) in [6.07, 6.45) is 3.88. The van der Waals surface area contributed by atoms with Gasteiger partial charge in [-0.2, -0.15) is 0 Å². The molecule has 22 heavy (non-hydrogen) atoms. The highest BCUT2D eigenvalue weighted by molar-refractivity contribution is 7.88. The number of aryl methyl sites for hydroxylation is 1. The van der Waals surface area contributed by atoms with Crippen LogP contribution in [-0.2, 0) is 20.6 Å². The Bertz CT molecular complexity index is 699. The number of carboxylic acid groups (broad SMARTS) is 1. The Hall–Kier alpha value is -1.73. The van der Waals surface area contributed by atoms with E-state index in [4.69, 9.17) is 5.11 Å². The van der Waals surface area contributed by atoms with Crippen molar-refractivity contribution < 1.29 is 22.7 Å². The number of hydrogen-bond donors (Lipinski definition) is 2. The summed E-state index contributed by atoms with van der Waals surface area (Å²) >= 11 is 0. The molecule has 7 heteroatoms. The molecular formula is C15H18FNO4S. The number of hydrogen-bond acceptors (Lipinski definition) is 3. The van der Waals surface area contributed by atoms with Crippen LogP contribution in [-0.4, -0.2) is 25.5 Å². The molecule has 0 saturated carbocycles. The van der Waals surface area contributed by atoms with Crippen LogP contribution in [0, 0.1) is 18.7 Å². The largest absolute Gasteiger partial charge is 0.481 e. The van der Waals surface area contributed by atoms with Gasteiger partial charge in [0.2, 0.25) is 10.0 Å². The fourth-order valence-corrected chi connectivity index (χ4v) is 3.79. The first-order chi connectivity index (χ1) is 10.3. The molecule has 0 unspecified atom stereocenters. The number of halogens is 1. The molecule has 1 aliphatic rings. The number of rotatable bonds is 5. The maximum atomic E-state index is 13.7. The quantitative estimate of drug-likeness (QED) is 0.810. The zero-order valence-corrected chi connectivity index (χ0v) is 12.9. The lowest BCUT2D eigenvalue weighted by Gasteiger charge is -2.22. The van der Waals surface area contributed by atoms with E-state index in [1.807, 2.05) is 0 Å². The van der Waals surface area contributed by atoms with Gasteiger partial charge < -0.3 is 5.11 Å². The second-order valence-electron chi connectivity index (χ2n) is 5.51. The van der Waals surface area contributed by atoms with Crippen LogP contribution in [0.4, 0.5) is 4.39 Å². The fourth-order valence-electron chi connectivity index (χ4n) is 2.42. The van der Waals surface area contributed by atoms with Crippen LogP contribution >= 0.6 is 0 Å². The van der Waals surface area contributed by atoms with Crippen LogP contribution in [0.2, 0.25) is 0 Å². The fraction of sp³-hybridized carbons (Fsp3) is 0.400. The van der Waals surface area contributed by atoms with Gasteiger partial charge in [-0.1, -0.05) is 24.3 Å². The third kappa shape index (κ3) is 4.38. The van der Waals surface area contributed by atoms with Crippen molar-refractivity contribution in [2.45, 2.75) is 31.6 Å². The van der Waals surface area contributed by atoms with Gasteiger partial charge in [0.1, 0.15) is 5.82 Å². The third-order valence-corrected chi connectivity index (χ3v) is 4.91. The molecule has 1 aromatic rings. The zero-order chi connectivity index (χ0) is 16.3. The molecule has 2 N–H and O–H groups in total. The highest BCUT2D eigenvalue weighted by Crippen LogP contribution is 2.20. The van der Waals surface area contributed by atoms with Gasteiger partial charge in [0.25, 0.3) is 0 Å². The van der Waals surface area contributed by atoms with Crippen LogP contribution in [0.5, 0.6) is 0 Å². The molecule has 0 aromatic heterocycles. The standard InChI is InChI=1S/C15H18FNO4S/c1-10-5-6-12(14(16)7-10)9-22(20,21)17-13-4-2-3-11(8-13)15(18)19/h2,4-7,11,13,17H,3,8-9H2,1H3,(H,18,19)/t11-,13-/m0/s1. The van der Waals surface area contributed by atoms with Crippen LogP contribution in [0.15, 0.2) is 30.4 Å². The van der Waals surface area contributed by atoms with Gasteiger partial charge in [0, 0.05) is 11.6 Å². The summed E-state index contributed by atoms with van der Waals surface area (Å²) in [6, 6.07) is 3.80. The lowest BCUT2D eigenvalue weighted by Crippen LogP contribution is -2.38. The first-order valence-corrected chi connectivity index (χ1v) is 8.56. The maximum absolute atomic E-state index is 13.7. The number of carboxylic acids is 1. The van der Waals surface area contributed by atoms with Crippen molar-refractivity contribution >= 4 is 16.0 Å². The first-order valence-electron chi connectivity index (χ1n) is 6.91. The highest BCUT2D eigenvalue weighted by atomic mass is 32.2. The van der Waals surface area contributed by atoms with Crippen molar-refractivity contribution in [1.82, 2.24) is 4.72 Å². The normalized spacial score (nSPS) is 21.7. The molecule has 2 rings (SSSR count). The van der Waals surface area contributed by atoms with Gasteiger partial charge in [0.05, 0.1) is 11.7 Å². The van der Waals surface area contributed by atoms with Crippen molar-refractivity contribution in [2.75, 3.05) is 0 Å². The summed E-state index contributed by atoms with van der Waals surface area (Å²) in [7, 11) is -3.75. The van der Waals surface area contributed by atoms with Gasteiger partial charge >= 0.3 is 5.97 Å². The number of sulfonamides is 1. The topological polar surface area (TPSA) is 83.5 Å². The molecule has 0 spiro atoms. The van der Waals surface area contributed by atoms with Crippen molar-refractivity contribution in [2.24, 2.45) is 5.92 Å². The minimum absolute atomic E-state index is 0.0904. The minimum Gasteiger partial charge on any atom is -0.481 e. The molecule has 0 fully saturated rings. The number of carbonyl (C=O) groups is 1. The highest BCUT2D eigenvalue weighted by Gasteiger charge is 2.26. The molecule has 5 nitrogen and oxygen atoms in total. The molecular weight excluding hydrogens is 309 g/mol. The van der Waals surface area contributed by atoms with Crippen molar-refractivity contribution in [3.05, 3.63) is 47.3 Å². The Labute approximate surface area is 128 Å². The van der Waals surface area contributed by atoms with E-state index < -0.39 is 39.5 Å². The Morgan fingerprint density at radius 2 is 2.18 bits per heavy atom. The van der Waals surface area contributed by atoms with Crippen LogP contribution < -0.4 is 4.72 Å². The molecule has 120 valence electrons. The summed E-state index contributed by atoms with van der Waals surface area (Å²) in [4.78, 5) is 11.0. The van der Waals surface area contributed by atoms with E-state index in [-0.39, 0.29) is 12.0 Å². The summed E-state index contributed by atoms with van der Waals surface area (Å²) in [5.74, 6) is -2.58. The lowest BCUT2D eigenvalue weighted by atomic mass is 9.92.